The van der Waals surface area contributed by atoms with Crippen molar-refractivity contribution in [2.45, 2.75) is 25.9 Å². The van der Waals surface area contributed by atoms with Crippen molar-refractivity contribution in [2.75, 3.05) is 18.0 Å². The maximum absolute atomic E-state index is 9.82. The lowest BCUT2D eigenvalue weighted by molar-refractivity contribution is 0.0874. The number of nitriles is 1. The van der Waals surface area contributed by atoms with E-state index in [1.54, 1.807) is 13.8 Å². The number of anilines is 1. The largest absolute Gasteiger partial charge is 0.389 e. The van der Waals surface area contributed by atoms with Crippen LogP contribution in [-0.4, -0.2) is 23.8 Å². The van der Waals surface area contributed by atoms with Crippen molar-refractivity contribution in [1.82, 2.24) is 0 Å². The van der Waals surface area contributed by atoms with Gasteiger partial charge in [-0.05, 0) is 26.0 Å². The maximum atomic E-state index is 9.82. The first-order chi connectivity index (χ1) is 7.53. The highest BCUT2D eigenvalue weighted by molar-refractivity contribution is 5.46. The van der Waals surface area contributed by atoms with Gasteiger partial charge in [0.2, 0.25) is 0 Å². The summed E-state index contributed by atoms with van der Waals surface area (Å²) in [5.74, 6) is 0. The highest BCUT2D eigenvalue weighted by Crippen LogP contribution is 2.16. The fourth-order valence-corrected chi connectivity index (χ4v) is 1.59. The molecule has 3 heteroatoms. The Labute approximate surface area is 96.9 Å². The molecule has 0 saturated heterocycles. The molecule has 1 rings (SSSR count). The smallest absolute Gasteiger partial charge is 0.0765 e. The van der Waals surface area contributed by atoms with E-state index in [-0.39, 0.29) is 0 Å². The molecule has 0 aromatic heterocycles. The molecule has 1 aromatic carbocycles. The van der Waals surface area contributed by atoms with Gasteiger partial charge in [-0.1, -0.05) is 18.2 Å². The van der Waals surface area contributed by atoms with Gasteiger partial charge in [0, 0.05) is 18.8 Å². The van der Waals surface area contributed by atoms with Crippen molar-refractivity contribution in [1.29, 1.82) is 5.26 Å². The Morgan fingerprint density at radius 1 is 1.31 bits per heavy atom. The van der Waals surface area contributed by atoms with E-state index in [1.807, 2.05) is 35.2 Å². The summed E-state index contributed by atoms with van der Waals surface area (Å²) in [7, 11) is 0. The zero-order chi connectivity index (χ0) is 12.0. The van der Waals surface area contributed by atoms with Gasteiger partial charge in [0.15, 0.2) is 0 Å². The van der Waals surface area contributed by atoms with Crippen molar-refractivity contribution >= 4 is 5.69 Å². The molecule has 0 saturated carbocycles. The maximum Gasteiger partial charge on any atom is 0.0765 e. The van der Waals surface area contributed by atoms with Crippen molar-refractivity contribution in [2.24, 2.45) is 0 Å². The molecule has 3 nitrogen and oxygen atoms in total. The second kappa shape index (κ2) is 5.53. The van der Waals surface area contributed by atoms with Crippen LogP contribution in [0.3, 0.4) is 0 Å². The molecule has 0 aliphatic heterocycles. The van der Waals surface area contributed by atoms with Crippen LogP contribution in [0.1, 0.15) is 20.3 Å². The fraction of sp³-hybridized carbons (Fsp3) is 0.462. The molecule has 0 radical (unpaired) electrons. The van der Waals surface area contributed by atoms with E-state index < -0.39 is 5.60 Å². The Bertz CT molecular complexity index is 348. The van der Waals surface area contributed by atoms with Crippen LogP contribution in [0.4, 0.5) is 5.69 Å². The first-order valence-electron chi connectivity index (χ1n) is 5.42. The van der Waals surface area contributed by atoms with Crippen LogP contribution < -0.4 is 4.90 Å². The van der Waals surface area contributed by atoms with Crippen LogP contribution >= 0.6 is 0 Å². The minimum Gasteiger partial charge on any atom is -0.389 e. The topological polar surface area (TPSA) is 47.3 Å². The van der Waals surface area contributed by atoms with E-state index in [0.29, 0.717) is 19.5 Å². The predicted molar refractivity (Wildman–Crippen MR) is 65.2 cm³/mol. The molecule has 0 bridgehead atoms. The van der Waals surface area contributed by atoms with Gasteiger partial charge in [-0.15, -0.1) is 0 Å². The molecule has 0 spiro atoms. The van der Waals surface area contributed by atoms with E-state index in [9.17, 15) is 5.11 Å². The molecule has 0 aliphatic carbocycles. The Morgan fingerprint density at radius 3 is 2.44 bits per heavy atom. The molecule has 0 amide bonds. The summed E-state index contributed by atoms with van der Waals surface area (Å²) in [5.41, 5.74) is 0.283. The first kappa shape index (κ1) is 12.5. The van der Waals surface area contributed by atoms with Gasteiger partial charge in [0.05, 0.1) is 18.1 Å². The summed E-state index contributed by atoms with van der Waals surface area (Å²) >= 11 is 0. The SMILES string of the molecule is CC(C)(O)CN(CCC#N)c1ccccc1. The first-order valence-corrected chi connectivity index (χ1v) is 5.42. The van der Waals surface area contributed by atoms with Crippen LogP contribution in [0.2, 0.25) is 0 Å². The Morgan fingerprint density at radius 2 is 1.94 bits per heavy atom. The number of para-hydroxylation sites is 1. The fourth-order valence-electron chi connectivity index (χ4n) is 1.59. The Kier molecular flexibility index (Phi) is 4.33. The normalized spacial score (nSPS) is 10.9. The molecule has 1 aromatic rings. The van der Waals surface area contributed by atoms with E-state index in [4.69, 9.17) is 5.26 Å². The van der Waals surface area contributed by atoms with E-state index in [1.165, 1.54) is 0 Å². The van der Waals surface area contributed by atoms with Crippen molar-refractivity contribution in [3.8, 4) is 6.07 Å². The third-order valence-electron chi connectivity index (χ3n) is 2.19. The summed E-state index contributed by atoms with van der Waals surface area (Å²) in [4.78, 5) is 2.03. The molecule has 0 atom stereocenters. The van der Waals surface area contributed by atoms with E-state index in [2.05, 4.69) is 6.07 Å². The average Bonchev–Trinajstić information content (AvgIpc) is 2.24. The molecule has 1 N–H and O–H groups in total. The molecular weight excluding hydrogens is 200 g/mol. The molecule has 0 aliphatic rings. The molecule has 0 unspecified atom stereocenters. The molecule has 0 heterocycles. The highest BCUT2D eigenvalue weighted by atomic mass is 16.3. The lowest BCUT2D eigenvalue weighted by Crippen LogP contribution is -2.39. The third-order valence-corrected chi connectivity index (χ3v) is 2.19. The van der Waals surface area contributed by atoms with Gasteiger partial charge in [-0.3, -0.25) is 0 Å². The second-order valence-corrected chi connectivity index (χ2v) is 4.48. The van der Waals surface area contributed by atoms with Crippen LogP contribution in [0.5, 0.6) is 0 Å². The zero-order valence-corrected chi connectivity index (χ0v) is 9.85. The molecule has 86 valence electrons. The summed E-state index contributed by atoms with van der Waals surface area (Å²) in [6.45, 7) is 4.72. The second-order valence-electron chi connectivity index (χ2n) is 4.48. The minimum atomic E-state index is -0.759. The quantitative estimate of drug-likeness (QED) is 0.824. The van der Waals surface area contributed by atoms with Crippen LogP contribution in [-0.2, 0) is 0 Å². The van der Waals surface area contributed by atoms with Gasteiger partial charge in [-0.2, -0.15) is 5.26 Å². The predicted octanol–water partition coefficient (Wildman–Crippen LogP) is 2.18. The lowest BCUT2D eigenvalue weighted by atomic mass is 10.1. The van der Waals surface area contributed by atoms with Gasteiger partial charge in [-0.25, -0.2) is 0 Å². The number of aliphatic hydroxyl groups is 1. The van der Waals surface area contributed by atoms with E-state index >= 15 is 0 Å². The van der Waals surface area contributed by atoms with Crippen LogP contribution in [0.15, 0.2) is 30.3 Å². The Balaban J connectivity index is 2.76. The number of rotatable bonds is 5. The summed E-state index contributed by atoms with van der Waals surface area (Å²) in [6, 6.07) is 12.0. The van der Waals surface area contributed by atoms with E-state index in [0.717, 1.165) is 5.69 Å². The standard InChI is InChI=1S/C13H18N2O/c1-13(2,16)11-15(10-6-9-14)12-7-4-3-5-8-12/h3-5,7-8,16H,6,10-11H2,1-2H3. The zero-order valence-electron chi connectivity index (χ0n) is 9.85. The van der Waals surface area contributed by atoms with Crippen LogP contribution in [0.25, 0.3) is 0 Å². The van der Waals surface area contributed by atoms with Gasteiger partial charge in [0.25, 0.3) is 0 Å². The minimum absolute atomic E-state index is 0.463. The summed E-state index contributed by atoms with van der Waals surface area (Å²) in [5, 5.41) is 18.4. The number of hydrogen-bond donors (Lipinski definition) is 1. The van der Waals surface area contributed by atoms with Gasteiger partial charge in [0.1, 0.15) is 0 Å². The number of hydrogen-bond acceptors (Lipinski definition) is 3. The molecule has 0 fully saturated rings. The average molecular weight is 218 g/mol. The monoisotopic (exact) mass is 218 g/mol. The third kappa shape index (κ3) is 4.33. The lowest BCUT2D eigenvalue weighted by Gasteiger charge is -2.30. The molecular formula is C13H18N2O. The summed E-state index contributed by atoms with van der Waals surface area (Å²) in [6.07, 6.45) is 0.463. The van der Waals surface area contributed by atoms with Gasteiger partial charge < -0.3 is 10.0 Å². The van der Waals surface area contributed by atoms with Gasteiger partial charge >= 0.3 is 0 Å². The van der Waals surface area contributed by atoms with Crippen molar-refractivity contribution in [3.63, 3.8) is 0 Å². The molecule has 16 heavy (non-hydrogen) atoms. The number of benzene rings is 1. The Hall–Kier alpha value is -1.53. The highest BCUT2D eigenvalue weighted by Gasteiger charge is 2.18. The number of nitrogens with zero attached hydrogens (tertiary/aromatic N) is 2. The van der Waals surface area contributed by atoms with Crippen molar-refractivity contribution in [3.05, 3.63) is 30.3 Å². The van der Waals surface area contributed by atoms with Crippen LogP contribution in [0, 0.1) is 11.3 Å². The van der Waals surface area contributed by atoms with Crippen molar-refractivity contribution < 1.29 is 5.11 Å². The summed E-state index contributed by atoms with van der Waals surface area (Å²) < 4.78 is 0.